The van der Waals surface area contributed by atoms with Crippen molar-refractivity contribution >= 4 is 28.6 Å². The second-order valence-electron chi connectivity index (χ2n) is 3.31. The molecule has 1 aromatic rings. The van der Waals surface area contributed by atoms with E-state index in [9.17, 15) is 13.6 Å². The number of aromatic nitrogens is 1. The number of esters is 1. The van der Waals surface area contributed by atoms with Crippen molar-refractivity contribution in [3.63, 3.8) is 0 Å². The maximum atomic E-state index is 12.6. The number of hydrogen-bond acceptors (Lipinski definition) is 4. The monoisotopic (exact) mass is 371 g/mol. The lowest BCUT2D eigenvalue weighted by Crippen LogP contribution is -2.10. The molecule has 0 aliphatic rings. The molecule has 0 amide bonds. The summed E-state index contributed by atoms with van der Waals surface area (Å²) in [6.07, 6.45) is -2.73. The lowest BCUT2D eigenvalue weighted by atomic mass is 10.2. The second-order valence-corrected chi connectivity index (χ2v) is 4.47. The van der Waals surface area contributed by atoms with Gasteiger partial charge in [-0.3, -0.25) is 4.79 Å². The van der Waals surface area contributed by atoms with E-state index in [1.54, 1.807) is 29.5 Å². The number of pyridine rings is 1. The Hall–Kier alpha value is -0.990. The highest BCUT2D eigenvalue weighted by Crippen LogP contribution is 2.28. The summed E-state index contributed by atoms with van der Waals surface area (Å²) in [4.78, 5) is 15.1. The maximum absolute atomic E-state index is 12.6. The van der Waals surface area contributed by atoms with Crippen molar-refractivity contribution in [2.75, 3.05) is 13.7 Å². The minimum absolute atomic E-state index is 0.0266. The minimum Gasteiger partial charge on any atom is -0.481 e. The average molecular weight is 371 g/mol. The van der Waals surface area contributed by atoms with Gasteiger partial charge in [-0.2, -0.15) is 0 Å². The molecule has 0 aromatic carbocycles. The van der Waals surface area contributed by atoms with Gasteiger partial charge in [-0.25, -0.2) is 13.8 Å². The van der Waals surface area contributed by atoms with Crippen LogP contribution in [0.1, 0.15) is 24.6 Å². The largest absolute Gasteiger partial charge is 0.481 e. The van der Waals surface area contributed by atoms with Gasteiger partial charge >= 0.3 is 5.97 Å². The molecule has 0 saturated heterocycles. The highest BCUT2D eigenvalue weighted by molar-refractivity contribution is 14.1. The fourth-order valence-electron chi connectivity index (χ4n) is 1.35. The van der Waals surface area contributed by atoms with Gasteiger partial charge in [0.25, 0.3) is 6.43 Å². The van der Waals surface area contributed by atoms with Crippen molar-refractivity contribution in [1.82, 2.24) is 4.98 Å². The van der Waals surface area contributed by atoms with Crippen molar-refractivity contribution in [1.29, 1.82) is 0 Å². The summed E-state index contributed by atoms with van der Waals surface area (Å²) in [6.45, 7) is 1.96. The fraction of sp³-hybridized carbons (Fsp3) is 0.455. The molecule has 4 nitrogen and oxygen atoms in total. The van der Waals surface area contributed by atoms with Crippen LogP contribution in [-0.2, 0) is 16.0 Å². The molecule has 100 valence electrons. The lowest BCUT2D eigenvalue weighted by Gasteiger charge is -2.11. The van der Waals surface area contributed by atoms with Crippen LogP contribution >= 0.6 is 22.6 Å². The van der Waals surface area contributed by atoms with E-state index in [0.717, 1.165) is 0 Å². The molecule has 1 heterocycles. The molecule has 0 spiro atoms. The van der Waals surface area contributed by atoms with E-state index in [-0.39, 0.29) is 24.6 Å². The minimum atomic E-state index is -2.68. The molecule has 0 fully saturated rings. The van der Waals surface area contributed by atoms with Crippen LogP contribution in [0.5, 0.6) is 5.88 Å². The third kappa shape index (κ3) is 3.76. The molecule has 0 bridgehead atoms. The summed E-state index contributed by atoms with van der Waals surface area (Å²) in [5, 5.41) is 0. The SMILES string of the molecule is CCOC(=O)Cc1cc(I)c(C(F)F)nc1OC. The van der Waals surface area contributed by atoms with Gasteiger partial charge in [0.05, 0.1) is 20.1 Å². The van der Waals surface area contributed by atoms with E-state index >= 15 is 0 Å². The van der Waals surface area contributed by atoms with Crippen LogP contribution < -0.4 is 4.74 Å². The predicted molar refractivity (Wildman–Crippen MR) is 68.8 cm³/mol. The molecule has 18 heavy (non-hydrogen) atoms. The van der Waals surface area contributed by atoms with E-state index < -0.39 is 12.4 Å². The van der Waals surface area contributed by atoms with E-state index in [1.807, 2.05) is 0 Å². The highest BCUT2D eigenvalue weighted by Gasteiger charge is 2.19. The Balaban J connectivity index is 3.05. The Kier molecular flexibility index (Phi) is 5.70. The Morgan fingerprint density at radius 3 is 2.72 bits per heavy atom. The molecule has 0 atom stereocenters. The van der Waals surface area contributed by atoms with Gasteiger partial charge in [0.1, 0.15) is 5.69 Å². The number of alkyl halides is 2. The van der Waals surface area contributed by atoms with Crippen LogP contribution in [0.3, 0.4) is 0 Å². The molecule has 1 aromatic heterocycles. The van der Waals surface area contributed by atoms with Crippen LogP contribution in [0, 0.1) is 3.57 Å². The van der Waals surface area contributed by atoms with E-state index in [2.05, 4.69) is 4.98 Å². The normalized spacial score (nSPS) is 10.6. The van der Waals surface area contributed by atoms with Crippen molar-refractivity contribution in [2.45, 2.75) is 19.8 Å². The van der Waals surface area contributed by atoms with E-state index in [0.29, 0.717) is 9.13 Å². The third-order valence-corrected chi connectivity index (χ3v) is 2.95. The van der Waals surface area contributed by atoms with Crippen molar-refractivity contribution in [3.8, 4) is 5.88 Å². The van der Waals surface area contributed by atoms with E-state index in [4.69, 9.17) is 9.47 Å². The molecule has 1 rings (SSSR count). The Labute approximate surface area is 117 Å². The van der Waals surface area contributed by atoms with Gasteiger partial charge in [0.2, 0.25) is 5.88 Å². The number of nitrogens with zero attached hydrogens (tertiary/aromatic N) is 1. The van der Waals surface area contributed by atoms with Crippen molar-refractivity contribution in [2.24, 2.45) is 0 Å². The molecule has 0 N–H and O–H groups in total. The van der Waals surface area contributed by atoms with Gasteiger partial charge in [-0.1, -0.05) is 0 Å². The third-order valence-electron chi connectivity index (χ3n) is 2.08. The number of ether oxygens (including phenoxy) is 2. The van der Waals surface area contributed by atoms with Gasteiger partial charge in [-0.05, 0) is 35.6 Å². The summed E-state index contributed by atoms with van der Waals surface area (Å²) < 4.78 is 35.3. The van der Waals surface area contributed by atoms with Crippen molar-refractivity contribution < 1.29 is 23.0 Å². The first-order valence-electron chi connectivity index (χ1n) is 5.16. The summed E-state index contributed by atoms with van der Waals surface area (Å²) in [5.41, 5.74) is 0.0878. The number of carbonyl (C=O) groups is 1. The fourth-order valence-corrected chi connectivity index (χ4v) is 2.08. The van der Waals surface area contributed by atoms with Gasteiger partial charge in [-0.15, -0.1) is 0 Å². The molecule has 7 heteroatoms. The maximum Gasteiger partial charge on any atom is 0.310 e. The zero-order valence-electron chi connectivity index (χ0n) is 9.87. The standard InChI is InChI=1S/C11H12F2INO3/c1-3-18-8(16)5-6-4-7(14)9(10(12)13)15-11(6)17-2/h4,10H,3,5H2,1-2H3. The molecular formula is C11H12F2INO3. The molecule has 0 unspecified atom stereocenters. The van der Waals surface area contributed by atoms with Crippen LogP contribution in [0.4, 0.5) is 8.78 Å². The van der Waals surface area contributed by atoms with Crippen LogP contribution in [0.15, 0.2) is 6.07 Å². The molecule has 0 aliphatic heterocycles. The predicted octanol–water partition coefficient (Wildman–Crippen LogP) is 2.74. The van der Waals surface area contributed by atoms with Gasteiger partial charge in [0.15, 0.2) is 0 Å². The first-order chi connectivity index (χ1) is 8.49. The van der Waals surface area contributed by atoms with Gasteiger partial charge < -0.3 is 9.47 Å². The summed E-state index contributed by atoms with van der Waals surface area (Å²) in [7, 11) is 1.32. The zero-order chi connectivity index (χ0) is 13.7. The summed E-state index contributed by atoms with van der Waals surface area (Å²) in [6, 6.07) is 1.46. The van der Waals surface area contributed by atoms with Crippen LogP contribution in [0.2, 0.25) is 0 Å². The topological polar surface area (TPSA) is 48.4 Å². The zero-order valence-corrected chi connectivity index (χ0v) is 12.0. The number of halogens is 3. The van der Waals surface area contributed by atoms with Crippen molar-refractivity contribution in [3.05, 3.63) is 20.9 Å². The highest BCUT2D eigenvalue weighted by atomic mass is 127. The number of rotatable bonds is 5. The second kappa shape index (κ2) is 6.81. The first-order valence-corrected chi connectivity index (χ1v) is 6.24. The van der Waals surface area contributed by atoms with Crippen LogP contribution in [0.25, 0.3) is 0 Å². The van der Waals surface area contributed by atoms with Crippen LogP contribution in [-0.4, -0.2) is 24.7 Å². The van der Waals surface area contributed by atoms with Gasteiger partial charge in [0, 0.05) is 9.13 Å². The Morgan fingerprint density at radius 1 is 1.56 bits per heavy atom. The first kappa shape index (κ1) is 15.1. The average Bonchev–Trinajstić information content (AvgIpc) is 2.29. The molecule has 0 saturated carbocycles. The molecular weight excluding hydrogens is 359 g/mol. The summed E-state index contributed by atoms with van der Waals surface area (Å²) >= 11 is 1.75. The quantitative estimate of drug-likeness (QED) is 0.590. The number of methoxy groups -OCH3 is 1. The van der Waals surface area contributed by atoms with E-state index in [1.165, 1.54) is 13.2 Å². The Bertz CT molecular complexity index is 441. The Morgan fingerprint density at radius 2 is 2.22 bits per heavy atom. The lowest BCUT2D eigenvalue weighted by molar-refractivity contribution is -0.142. The summed E-state index contributed by atoms with van der Waals surface area (Å²) in [5.74, 6) is -0.419. The molecule has 0 radical (unpaired) electrons. The number of carbonyl (C=O) groups excluding carboxylic acids is 1. The molecule has 0 aliphatic carbocycles. The smallest absolute Gasteiger partial charge is 0.310 e. The number of hydrogen-bond donors (Lipinski definition) is 0.